The topological polar surface area (TPSA) is 57.2 Å². The summed E-state index contributed by atoms with van der Waals surface area (Å²) in [5, 5.41) is 0. The summed E-state index contributed by atoms with van der Waals surface area (Å²) in [7, 11) is 0. The number of ether oxygens (including phenoxy) is 1. The molecule has 0 saturated carbocycles. The van der Waals surface area contributed by atoms with Gasteiger partial charge in [-0.05, 0) is 62.2 Å². The van der Waals surface area contributed by atoms with Crippen LogP contribution in [0.25, 0.3) is 11.3 Å². The maximum absolute atomic E-state index is 12.6. The first-order chi connectivity index (χ1) is 10.6. The highest BCUT2D eigenvalue weighted by atomic mass is 16.5. The Balaban J connectivity index is 2.50. The highest BCUT2D eigenvalue weighted by Gasteiger charge is 2.12. The lowest BCUT2D eigenvalue weighted by Gasteiger charge is -2.16. The molecule has 1 unspecified atom stereocenters. The van der Waals surface area contributed by atoms with Crippen LogP contribution in [-0.2, 0) is 6.54 Å². The van der Waals surface area contributed by atoms with Gasteiger partial charge in [0, 0.05) is 18.2 Å². The highest BCUT2D eigenvalue weighted by Crippen LogP contribution is 2.23. The van der Waals surface area contributed by atoms with Crippen LogP contribution in [0.3, 0.4) is 0 Å². The first kappa shape index (κ1) is 16.3. The molecule has 0 aliphatic carbocycles. The molecule has 0 aliphatic rings. The molecule has 0 bridgehead atoms. The van der Waals surface area contributed by atoms with Gasteiger partial charge in [-0.15, -0.1) is 0 Å². The maximum Gasteiger partial charge on any atom is 0.255 e. The van der Waals surface area contributed by atoms with Gasteiger partial charge in [-0.3, -0.25) is 4.79 Å². The molecule has 1 heterocycles. The quantitative estimate of drug-likeness (QED) is 0.890. The predicted molar refractivity (Wildman–Crippen MR) is 90.2 cm³/mol. The van der Waals surface area contributed by atoms with Crippen molar-refractivity contribution in [1.29, 1.82) is 0 Å². The van der Waals surface area contributed by atoms with Crippen LogP contribution in [0.2, 0.25) is 0 Å². The van der Waals surface area contributed by atoms with E-state index in [-0.39, 0.29) is 11.6 Å². The molecule has 22 heavy (non-hydrogen) atoms. The van der Waals surface area contributed by atoms with Crippen LogP contribution in [-0.4, -0.2) is 11.2 Å². The Hall–Kier alpha value is -2.07. The van der Waals surface area contributed by atoms with Gasteiger partial charge in [-0.25, -0.2) is 0 Å². The molecule has 2 rings (SSSR count). The smallest absolute Gasteiger partial charge is 0.255 e. The van der Waals surface area contributed by atoms with Gasteiger partial charge in [0.05, 0.1) is 12.3 Å². The van der Waals surface area contributed by atoms with Gasteiger partial charge in [0.2, 0.25) is 0 Å². The van der Waals surface area contributed by atoms with Gasteiger partial charge in [0.15, 0.2) is 0 Å². The van der Waals surface area contributed by atoms with Gasteiger partial charge in [-0.2, -0.15) is 0 Å². The van der Waals surface area contributed by atoms with Gasteiger partial charge < -0.3 is 15.0 Å². The third-order valence-corrected chi connectivity index (χ3v) is 3.60. The highest BCUT2D eigenvalue weighted by molar-refractivity contribution is 5.61. The summed E-state index contributed by atoms with van der Waals surface area (Å²) in [6, 6.07) is 11.4. The number of benzene rings is 1. The minimum absolute atomic E-state index is 0.00300. The van der Waals surface area contributed by atoms with Crippen molar-refractivity contribution in [2.75, 3.05) is 6.61 Å². The van der Waals surface area contributed by atoms with E-state index in [1.807, 2.05) is 54.8 Å². The van der Waals surface area contributed by atoms with Crippen molar-refractivity contribution in [2.45, 2.75) is 39.8 Å². The summed E-state index contributed by atoms with van der Waals surface area (Å²) in [6.45, 7) is 7.18. The number of nitrogens with zero attached hydrogens (tertiary/aromatic N) is 1. The van der Waals surface area contributed by atoms with Crippen molar-refractivity contribution >= 4 is 0 Å². The van der Waals surface area contributed by atoms with Crippen LogP contribution < -0.4 is 16.0 Å². The predicted octanol–water partition coefficient (Wildman–Crippen LogP) is 3.34. The number of hydrogen-bond acceptors (Lipinski definition) is 3. The summed E-state index contributed by atoms with van der Waals surface area (Å²) < 4.78 is 7.28. The first-order valence-electron chi connectivity index (χ1n) is 7.81. The fourth-order valence-corrected chi connectivity index (χ4v) is 2.53. The first-order valence-corrected chi connectivity index (χ1v) is 7.81. The van der Waals surface area contributed by atoms with E-state index in [1.54, 1.807) is 0 Å². The van der Waals surface area contributed by atoms with Gasteiger partial charge in [-0.1, -0.05) is 6.92 Å². The number of hydrogen-bond donors (Lipinski definition) is 1. The molecule has 118 valence electrons. The van der Waals surface area contributed by atoms with Gasteiger partial charge in [0.25, 0.3) is 5.56 Å². The lowest BCUT2D eigenvalue weighted by molar-refractivity contribution is 0.340. The molecule has 0 amide bonds. The molecular formula is C18H24N2O2. The van der Waals surface area contributed by atoms with Gasteiger partial charge in [0.1, 0.15) is 5.75 Å². The SMILES string of the molecule is CCCn1c(-c2ccc(OCC)cc2)ccc(C(C)N)c1=O. The third-order valence-electron chi connectivity index (χ3n) is 3.60. The second kappa shape index (κ2) is 7.27. The average Bonchev–Trinajstić information content (AvgIpc) is 2.50. The second-order valence-electron chi connectivity index (χ2n) is 5.38. The molecule has 0 fully saturated rings. The Morgan fingerprint density at radius 1 is 1.14 bits per heavy atom. The van der Waals surface area contributed by atoms with Crippen LogP contribution in [0.4, 0.5) is 0 Å². The van der Waals surface area contributed by atoms with Crippen LogP contribution in [0, 0.1) is 0 Å². The zero-order chi connectivity index (χ0) is 16.1. The summed E-state index contributed by atoms with van der Waals surface area (Å²) in [5.41, 5.74) is 8.47. The molecule has 1 aromatic carbocycles. The van der Waals surface area contributed by atoms with Crippen LogP contribution in [0.15, 0.2) is 41.2 Å². The fraction of sp³-hybridized carbons (Fsp3) is 0.389. The standard InChI is InChI=1S/C18H24N2O2/c1-4-12-20-17(11-10-16(13(3)19)18(20)21)14-6-8-15(9-7-14)22-5-2/h6-11,13H,4-5,12,19H2,1-3H3. The molecule has 0 saturated heterocycles. The molecular weight excluding hydrogens is 276 g/mol. The minimum atomic E-state index is -0.259. The van der Waals surface area contributed by atoms with E-state index in [2.05, 4.69) is 6.92 Å². The zero-order valence-corrected chi connectivity index (χ0v) is 13.5. The molecule has 1 atom stereocenters. The lowest BCUT2D eigenvalue weighted by Crippen LogP contribution is -2.28. The van der Waals surface area contributed by atoms with Crippen LogP contribution >= 0.6 is 0 Å². The monoisotopic (exact) mass is 300 g/mol. The van der Waals surface area contributed by atoms with Crippen molar-refractivity contribution in [1.82, 2.24) is 4.57 Å². The molecule has 2 N–H and O–H groups in total. The Morgan fingerprint density at radius 3 is 2.36 bits per heavy atom. The summed E-state index contributed by atoms with van der Waals surface area (Å²) in [6.07, 6.45) is 0.895. The lowest BCUT2D eigenvalue weighted by atomic mass is 10.1. The zero-order valence-electron chi connectivity index (χ0n) is 13.5. The molecule has 2 aromatic rings. The number of pyridine rings is 1. The van der Waals surface area contributed by atoms with E-state index in [0.29, 0.717) is 18.7 Å². The van der Waals surface area contributed by atoms with E-state index < -0.39 is 0 Å². The maximum atomic E-state index is 12.6. The normalized spacial score (nSPS) is 12.2. The summed E-state index contributed by atoms with van der Waals surface area (Å²) >= 11 is 0. The number of nitrogens with two attached hydrogens (primary N) is 1. The van der Waals surface area contributed by atoms with Crippen molar-refractivity contribution < 1.29 is 4.74 Å². The molecule has 4 heteroatoms. The minimum Gasteiger partial charge on any atom is -0.494 e. The molecule has 4 nitrogen and oxygen atoms in total. The fourth-order valence-electron chi connectivity index (χ4n) is 2.53. The molecule has 0 aliphatic heterocycles. The van der Waals surface area contributed by atoms with Crippen molar-refractivity contribution in [3.63, 3.8) is 0 Å². The van der Waals surface area contributed by atoms with Crippen LogP contribution in [0.1, 0.15) is 38.8 Å². The number of rotatable bonds is 6. The Morgan fingerprint density at radius 2 is 1.82 bits per heavy atom. The second-order valence-corrected chi connectivity index (χ2v) is 5.38. The average molecular weight is 300 g/mol. The number of aromatic nitrogens is 1. The Kier molecular flexibility index (Phi) is 5.39. The van der Waals surface area contributed by atoms with E-state index in [0.717, 1.165) is 23.4 Å². The molecule has 0 spiro atoms. The van der Waals surface area contributed by atoms with E-state index in [4.69, 9.17) is 10.5 Å². The Bertz CT molecular complexity index is 672. The van der Waals surface area contributed by atoms with E-state index >= 15 is 0 Å². The van der Waals surface area contributed by atoms with Crippen molar-refractivity contribution in [2.24, 2.45) is 5.73 Å². The molecule has 0 radical (unpaired) electrons. The van der Waals surface area contributed by atoms with Crippen molar-refractivity contribution in [3.05, 3.63) is 52.3 Å². The van der Waals surface area contributed by atoms with Gasteiger partial charge >= 0.3 is 0 Å². The van der Waals surface area contributed by atoms with Crippen molar-refractivity contribution in [3.8, 4) is 17.0 Å². The van der Waals surface area contributed by atoms with E-state index in [1.165, 1.54) is 0 Å². The van der Waals surface area contributed by atoms with E-state index in [9.17, 15) is 4.79 Å². The summed E-state index contributed by atoms with van der Waals surface area (Å²) in [5.74, 6) is 0.836. The summed E-state index contributed by atoms with van der Waals surface area (Å²) in [4.78, 5) is 12.6. The van der Waals surface area contributed by atoms with Crippen LogP contribution in [0.5, 0.6) is 5.75 Å². The molecule has 1 aromatic heterocycles. The largest absolute Gasteiger partial charge is 0.494 e. The Labute approximate surface area is 131 Å². The third kappa shape index (κ3) is 3.39.